The molecule has 1 aliphatic heterocycles. The van der Waals surface area contributed by atoms with Gasteiger partial charge in [-0.05, 0) is 25.3 Å². The Balaban J connectivity index is 2.05. The molecule has 17 heavy (non-hydrogen) atoms. The number of rotatable bonds is 1. The molecule has 0 bridgehead atoms. The minimum Gasteiger partial charge on any atom is -0.490 e. The molecule has 3 heteroatoms. The number of ether oxygens (including phenoxy) is 1. The van der Waals surface area contributed by atoms with Crippen LogP contribution in [0.5, 0.6) is 5.75 Å². The fraction of sp³-hybridized carbons (Fsp3) is 0.500. The van der Waals surface area contributed by atoms with Gasteiger partial charge in [-0.1, -0.05) is 24.6 Å². The molecule has 1 aromatic rings. The first-order chi connectivity index (χ1) is 8.27. The van der Waals surface area contributed by atoms with Crippen LogP contribution in [0.2, 0.25) is 0 Å². The van der Waals surface area contributed by atoms with Gasteiger partial charge in [0.1, 0.15) is 11.9 Å². The Morgan fingerprint density at radius 3 is 2.82 bits per heavy atom. The number of fused-ring (bicyclic) bond motifs is 2. The van der Waals surface area contributed by atoms with Gasteiger partial charge in [-0.15, -0.1) is 0 Å². The van der Waals surface area contributed by atoms with Gasteiger partial charge in [0.2, 0.25) is 0 Å². The fourth-order valence-electron chi connectivity index (χ4n) is 3.21. The van der Waals surface area contributed by atoms with Crippen LogP contribution in [0, 0.1) is 5.92 Å². The first-order valence-corrected chi connectivity index (χ1v) is 6.26. The summed E-state index contributed by atoms with van der Waals surface area (Å²) in [6.45, 7) is 0. The Kier molecular flexibility index (Phi) is 2.54. The van der Waals surface area contributed by atoms with Gasteiger partial charge in [-0.2, -0.15) is 0 Å². The largest absolute Gasteiger partial charge is 0.490 e. The van der Waals surface area contributed by atoms with Crippen LogP contribution in [0.4, 0.5) is 0 Å². The first kappa shape index (κ1) is 10.6. The van der Waals surface area contributed by atoms with E-state index >= 15 is 0 Å². The minimum atomic E-state index is -0.711. The van der Waals surface area contributed by atoms with E-state index in [1.54, 1.807) is 0 Å². The molecule has 90 valence electrons. The molecule has 3 rings (SSSR count). The lowest BCUT2D eigenvalue weighted by atomic mass is 9.73. The fourth-order valence-corrected chi connectivity index (χ4v) is 3.21. The summed E-state index contributed by atoms with van der Waals surface area (Å²) in [5, 5.41) is 9.47. The predicted octanol–water partition coefficient (Wildman–Crippen LogP) is 2.81. The molecule has 0 unspecified atom stereocenters. The molecule has 3 nitrogen and oxygen atoms in total. The van der Waals surface area contributed by atoms with Crippen molar-refractivity contribution in [3.8, 4) is 5.75 Å². The molecule has 0 spiro atoms. The monoisotopic (exact) mass is 232 g/mol. The van der Waals surface area contributed by atoms with Crippen LogP contribution >= 0.6 is 0 Å². The summed E-state index contributed by atoms with van der Waals surface area (Å²) < 4.78 is 5.95. The average molecular weight is 232 g/mol. The molecule has 0 saturated heterocycles. The van der Waals surface area contributed by atoms with Crippen LogP contribution in [-0.4, -0.2) is 17.2 Å². The topological polar surface area (TPSA) is 46.5 Å². The van der Waals surface area contributed by atoms with E-state index in [9.17, 15) is 9.90 Å². The summed E-state index contributed by atoms with van der Waals surface area (Å²) in [6, 6.07) is 7.57. The molecular formula is C14H16O3. The highest BCUT2D eigenvalue weighted by Gasteiger charge is 2.42. The van der Waals surface area contributed by atoms with Gasteiger partial charge in [0.25, 0.3) is 0 Å². The summed E-state index contributed by atoms with van der Waals surface area (Å²) in [4.78, 5) is 11.5. The predicted molar refractivity (Wildman–Crippen MR) is 63.2 cm³/mol. The van der Waals surface area contributed by atoms with E-state index in [1.165, 1.54) is 0 Å². The molecule has 0 radical (unpaired) electrons. The third-order valence-corrected chi connectivity index (χ3v) is 3.98. The number of aliphatic carboxylic acids is 1. The second kappa shape index (κ2) is 4.06. The number of para-hydroxylation sites is 1. The number of benzene rings is 1. The highest BCUT2D eigenvalue weighted by Crippen LogP contribution is 2.45. The van der Waals surface area contributed by atoms with Crippen molar-refractivity contribution in [2.75, 3.05) is 0 Å². The molecule has 2 aliphatic rings. The molecule has 1 heterocycles. The average Bonchev–Trinajstić information content (AvgIpc) is 2.35. The van der Waals surface area contributed by atoms with E-state index in [4.69, 9.17) is 4.74 Å². The Morgan fingerprint density at radius 2 is 2.00 bits per heavy atom. The van der Waals surface area contributed by atoms with E-state index in [2.05, 4.69) is 0 Å². The van der Waals surface area contributed by atoms with Gasteiger partial charge in [0, 0.05) is 11.5 Å². The maximum atomic E-state index is 11.5. The van der Waals surface area contributed by atoms with Gasteiger partial charge >= 0.3 is 5.97 Å². The Labute approximate surface area is 100 Å². The molecule has 1 N–H and O–H groups in total. The van der Waals surface area contributed by atoms with Crippen LogP contribution < -0.4 is 4.74 Å². The molecule has 1 saturated carbocycles. The lowest BCUT2D eigenvalue weighted by Crippen LogP contribution is -2.41. The second-order valence-electron chi connectivity index (χ2n) is 4.96. The maximum absolute atomic E-state index is 11.5. The van der Waals surface area contributed by atoms with Crippen molar-refractivity contribution in [1.29, 1.82) is 0 Å². The number of carbonyl (C=O) groups is 1. The Bertz CT molecular complexity index is 441. The lowest BCUT2D eigenvalue weighted by molar-refractivity contribution is -0.142. The van der Waals surface area contributed by atoms with Crippen LogP contribution in [-0.2, 0) is 4.79 Å². The summed E-state index contributed by atoms with van der Waals surface area (Å²) in [5.74, 6) is -0.179. The van der Waals surface area contributed by atoms with Crippen LogP contribution in [0.1, 0.15) is 37.2 Å². The van der Waals surface area contributed by atoms with Crippen molar-refractivity contribution in [2.24, 2.45) is 5.92 Å². The number of hydrogen-bond donors (Lipinski definition) is 1. The smallest absolute Gasteiger partial charge is 0.311 e. The zero-order valence-electron chi connectivity index (χ0n) is 9.63. The van der Waals surface area contributed by atoms with Crippen molar-refractivity contribution >= 4 is 5.97 Å². The van der Waals surface area contributed by atoms with Gasteiger partial charge < -0.3 is 9.84 Å². The van der Waals surface area contributed by atoms with E-state index in [0.29, 0.717) is 0 Å². The van der Waals surface area contributed by atoms with Gasteiger partial charge in [0.15, 0.2) is 0 Å². The van der Waals surface area contributed by atoms with Crippen molar-refractivity contribution in [1.82, 2.24) is 0 Å². The first-order valence-electron chi connectivity index (χ1n) is 6.26. The third kappa shape index (κ3) is 1.70. The number of carboxylic acid groups (broad SMARTS) is 1. The minimum absolute atomic E-state index is 0.0970. The normalized spacial score (nSPS) is 30.9. The van der Waals surface area contributed by atoms with Crippen molar-refractivity contribution in [3.63, 3.8) is 0 Å². The Hall–Kier alpha value is -1.51. The van der Waals surface area contributed by atoms with E-state index in [-0.39, 0.29) is 17.9 Å². The van der Waals surface area contributed by atoms with Crippen LogP contribution in [0.15, 0.2) is 24.3 Å². The molecule has 0 amide bonds. The zero-order chi connectivity index (χ0) is 11.8. The van der Waals surface area contributed by atoms with E-state index in [1.807, 2.05) is 24.3 Å². The zero-order valence-corrected chi connectivity index (χ0v) is 9.63. The second-order valence-corrected chi connectivity index (χ2v) is 4.96. The molecule has 1 aromatic carbocycles. The quantitative estimate of drug-likeness (QED) is 0.809. The molecule has 3 atom stereocenters. The van der Waals surface area contributed by atoms with Gasteiger partial charge in [0.05, 0.1) is 5.92 Å². The molecule has 1 aliphatic carbocycles. The summed E-state index contributed by atoms with van der Waals surface area (Å²) in [5.41, 5.74) is 0.850. The summed E-state index contributed by atoms with van der Waals surface area (Å²) >= 11 is 0. The molecule has 0 aromatic heterocycles. The number of hydrogen-bond acceptors (Lipinski definition) is 2. The van der Waals surface area contributed by atoms with Crippen molar-refractivity contribution < 1.29 is 14.6 Å². The van der Waals surface area contributed by atoms with Crippen molar-refractivity contribution in [2.45, 2.75) is 37.7 Å². The van der Waals surface area contributed by atoms with Gasteiger partial charge in [-0.3, -0.25) is 4.79 Å². The van der Waals surface area contributed by atoms with E-state index < -0.39 is 5.97 Å². The van der Waals surface area contributed by atoms with Crippen molar-refractivity contribution in [3.05, 3.63) is 29.8 Å². The third-order valence-electron chi connectivity index (χ3n) is 3.98. The highest BCUT2D eigenvalue weighted by molar-refractivity contribution is 5.78. The Morgan fingerprint density at radius 1 is 1.24 bits per heavy atom. The summed E-state index contributed by atoms with van der Waals surface area (Å²) in [7, 11) is 0. The molecular weight excluding hydrogens is 216 g/mol. The van der Waals surface area contributed by atoms with Crippen LogP contribution in [0.25, 0.3) is 0 Å². The standard InChI is InChI=1S/C14H16O3/c15-14(16)13-9-5-1-3-7-11(9)17-12-8-4-2-6-10(12)13/h1,3,5,7,10,12-13H,2,4,6,8H2,(H,15,16)/t10-,12-,13+/m0/s1. The SMILES string of the molecule is O=C(O)[C@@H]1c2ccccc2O[C@H]2CCCC[C@@H]21. The van der Waals surface area contributed by atoms with Crippen LogP contribution in [0.3, 0.4) is 0 Å². The van der Waals surface area contributed by atoms with Gasteiger partial charge in [-0.25, -0.2) is 0 Å². The summed E-state index contributed by atoms with van der Waals surface area (Å²) in [6.07, 6.45) is 4.32. The van der Waals surface area contributed by atoms with E-state index in [0.717, 1.165) is 37.0 Å². The lowest BCUT2D eigenvalue weighted by Gasteiger charge is -2.40. The molecule has 1 fully saturated rings. The number of carboxylic acids is 1. The highest BCUT2D eigenvalue weighted by atomic mass is 16.5. The maximum Gasteiger partial charge on any atom is 0.311 e.